The van der Waals surface area contributed by atoms with E-state index in [1.807, 2.05) is 38.1 Å². The molecule has 0 fully saturated rings. The lowest BCUT2D eigenvalue weighted by Gasteiger charge is -2.07. The van der Waals surface area contributed by atoms with Gasteiger partial charge in [0.25, 0.3) is 0 Å². The minimum Gasteiger partial charge on any atom is -0.475 e. The number of hydrogen-bond donors (Lipinski definition) is 0. The maximum atomic E-state index is 6.04. The molecule has 0 saturated heterocycles. The van der Waals surface area contributed by atoms with E-state index in [4.69, 9.17) is 16.3 Å². The second kappa shape index (κ2) is 3.28. The molecule has 0 bridgehead atoms. The number of nitrogens with zero attached hydrogens (tertiary/aromatic N) is 1. The minimum absolute atomic E-state index is 0.130. The van der Waals surface area contributed by atoms with Crippen LogP contribution in [0.5, 0.6) is 0 Å². The summed E-state index contributed by atoms with van der Waals surface area (Å²) in [5.41, 5.74) is 0.744. The number of ether oxygens (including phenoxy) is 1. The van der Waals surface area contributed by atoms with Gasteiger partial charge in [-0.2, -0.15) is 0 Å². The molecule has 1 aromatic carbocycles. The normalized spacial score (nSPS) is 18.9. The van der Waals surface area contributed by atoms with Gasteiger partial charge in [-0.1, -0.05) is 23.7 Å². The average Bonchev–Trinajstić information content (AvgIpc) is 2.47. The molecule has 2 nitrogen and oxygen atoms in total. The lowest BCUT2D eigenvalue weighted by molar-refractivity contribution is 0.279. The van der Waals surface area contributed by atoms with Crippen molar-refractivity contribution in [3.63, 3.8) is 0 Å². The third kappa shape index (κ3) is 1.75. The van der Waals surface area contributed by atoms with Crippen molar-refractivity contribution in [3.8, 4) is 0 Å². The summed E-state index contributed by atoms with van der Waals surface area (Å²) in [6.07, 6.45) is 0. The first-order chi connectivity index (χ1) is 6.58. The van der Waals surface area contributed by atoms with Crippen LogP contribution in [-0.4, -0.2) is 18.0 Å². The Hall–Kier alpha value is -1.02. The van der Waals surface area contributed by atoms with E-state index in [1.54, 1.807) is 0 Å². The van der Waals surface area contributed by atoms with Gasteiger partial charge in [-0.3, -0.25) is 0 Å². The molecule has 0 amide bonds. The van der Waals surface area contributed by atoms with Crippen molar-refractivity contribution in [1.82, 2.24) is 0 Å². The average molecular weight is 216 g/mol. The summed E-state index contributed by atoms with van der Waals surface area (Å²) in [6.45, 7) is 4.70. The van der Waals surface area contributed by atoms with Gasteiger partial charge in [0.1, 0.15) is 6.61 Å². The number of hydrogen-bond acceptors (Lipinski definition) is 2. The first kappa shape index (κ1) is 9.53. The molecule has 1 heterocycles. The van der Waals surface area contributed by atoms with Gasteiger partial charge >= 0.3 is 0 Å². The lowest BCUT2D eigenvalue weighted by Crippen LogP contribution is -2.17. The molecule has 0 aliphatic carbocycles. The van der Waals surface area contributed by atoms with Gasteiger partial charge < -0.3 is 4.74 Å². The van der Waals surface area contributed by atoms with Gasteiger partial charge in [-0.25, -0.2) is 4.99 Å². The fourth-order valence-corrected chi connectivity index (χ4v) is 1.57. The molecule has 0 radical (unpaired) electrons. The van der Waals surface area contributed by atoms with E-state index in [2.05, 4.69) is 4.99 Å². The zero-order chi connectivity index (χ0) is 10.2. The summed E-state index contributed by atoms with van der Waals surface area (Å²) in [5, 5.41) is 0.684. The van der Waals surface area contributed by atoms with Crippen LogP contribution in [0.2, 0.25) is 5.02 Å². The topological polar surface area (TPSA) is 21.6 Å². The van der Waals surface area contributed by atoms with Crippen LogP contribution >= 0.6 is 11.6 Å². The molecule has 0 aromatic heterocycles. The fraction of sp³-hybridized carbons (Fsp3) is 0.364. The van der Waals surface area contributed by atoms with Crippen molar-refractivity contribution in [3.05, 3.63) is 34.9 Å². The van der Waals surface area contributed by atoms with Crippen molar-refractivity contribution >= 4 is 17.5 Å². The maximum absolute atomic E-state index is 6.04. The van der Waals surface area contributed by atoms with Crippen molar-refractivity contribution < 1.29 is 4.74 Å². The standard InChI is InChI=1S/C11H12ClNO/c1-11(2)7-14-10(13-11)8-5-3-4-6-9(8)12/h3-6H,7H2,1-2H3/i3+1,4+1,5+1,6+1,8+1,9+1. The molecule has 0 spiro atoms. The molecule has 1 aromatic rings. The van der Waals surface area contributed by atoms with Crippen molar-refractivity contribution in [1.29, 1.82) is 0 Å². The van der Waals surface area contributed by atoms with Gasteiger partial charge in [0.15, 0.2) is 0 Å². The van der Waals surface area contributed by atoms with E-state index in [-0.39, 0.29) is 5.54 Å². The van der Waals surface area contributed by atoms with Crippen LogP contribution in [0.25, 0.3) is 0 Å². The van der Waals surface area contributed by atoms with Crippen LogP contribution in [0.3, 0.4) is 0 Å². The van der Waals surface area contributed by atoms with E-state index in [9.17, 15) is 0 Å². The first-order valence-electron chi connectivity index (χ1n) is 4.56. The molecule has 2 rings (SSSR count). The number of rotatable bonds is 1. The number of aliphatic imine (C=N–C) groups is 1. The summed E-state index contributed by atoms with van der Waals surface area (Å²) >= 11 is 6.04. The van der Waals surface area contributed by atoms with E-state index < -0.39 is 0 Å². The molecule has 1 aliphatic heterocycles. The van der Waals surface area contributed by atoms with Crippen molar-refractivity contribution in [2.24, 2.45) is 4.99 Å². The molecular weight excluding hydrogens is 204 g/mol. The largest absolute Gasteiger partial charge is 0.475 e. The third-order valence-electron chi connectivity index (χ3n) is 2.07. The summed E-state index contributed by atoms with van der Waals surface area (Å²) in [6, 6.07) is 7.58. The van der Waals surface area contributed by atoms with E-state index in [0.29, 0.717) is 17.5 Å². The van der Waals surface area contributed by atoms with Gasteiger partial charge in [-0.05, 0) is 26.0 Å². The van der Waals surface area contributed by atoms with Gasteiger partial charge in [0.05, 0.1) is 16.1 Å². The molecule has 0 N–H and O–H groups in total. The molecule has 74 valence electrons. The Morgan fingerprint density at radius 3 is 2.64 bits per heavy atom. The van der Waals surface area contributed by atoms with Crippen LogP contribution in [0, 0.1) is 0 Å². The number of benzene rings is 1. The SMILES string of the molecule is CC1(C)COC([13c]2[13cH][13cH][13cH][13cH][13c]2Cl)=N1. The van der Waals surface area contributed by atoms with Crippen molar-refractivity contribution in [2.45, 2.75) is 19.4 Å². The Kier molecular flexibility index (Phi) is 2.23. The highest BCUT2D eigenvalue weighted by atomic mass is 35.5. The van der Waals surface area contributed by atoms with Crippen LogP contribution in [0.1, 0.15) is 19.4 Å². The van der Waals surface area contributed by atoms with Gasteiger partial charge in [0, 0.05) is 0 Å². The van der Waals surface area contributed by atoms with Crippen LogP contribution in [0.4, 0.5) is 0 Å². The summed E-state index contributed by atoms with van der Waals surface area (Å²) < 4.78 is 5.50. The number of halogens is 1. The predicted octanol–water partition coefficient (Wildman–Crippen LogP) is 2.90. The lowest BCUT2D eigenvalue weighted by atomic mass is 10.1. The third-order valence-corrected chi connectivity index (χ3v) is 2.40. The first-order valence-corrected chi connectivity index (χ1v) is 4.94. The Bertz CT molecular complexity index is 385. The molecule has 1 aliphatic rings. The van der Waals surface area contributed by atoms with E-state index >= 15 is 0 Å². The quantitative estimate of drug-likeness (QED) is 0.706. The van der Waals surface area contributed by atoms with E-state index in [0.717, 1.165) is 5.56 Å². The fourth-order valence-electron chi connectivity index (χ4n) is 1.36. The van der Waals surface area contributed by atoms with Crippen LogP contribution in [0.15, 0.2) is 29.3 Å². The summed E-state index contributed by atoms with van der Waals surface area (Å²) in [7, 11) is 0. The van der Waals surface area contributed by atoms with Crippen LogP contribution in [-0.2, 0) is 4.74 Å². The smallest absolute Gasteiger partial charge is 0.218 e. The highest BCUT2D eigenvalue weighted by Crippen LogP contribution is 2.24. The minimum atomic E-state index is -0.130. The highest BCUT2D eigenvalue weighted by molar-refractivity contribution is 6.33. The molecule has 14 heavy (non-hydrogen) atoms. The molecular formula is C11H12ClNO. The monoisotopic (exact) mass is 215 g/mol. The Morgan fingerprint density at radius 2 is 2.07 bits per heavy atom. The Morgan fingerprint density at radius 1 is 1.36 bits per heavy atom. The Balaban J connectivity index is 2.38. The summed E-state index contributed by atoms with van der Waals surface area (Å²) in [4.78, 5) is 4.46. The maximum Gasteiger partial charge on any atom is 0.218 e. The van der Waals surface area contributed by atoms with Gasteiger partial charge in [0.2, 0.25) is 5.90 Å². The van der Waals surface area contributed by atoms with Crippen molar-refractivity contribution in [2.75, 3.05) is 6.61 Å². The summed E-state index contributed by atoms with van der Waals surface area (Å²) in [5.74, 6) is 0.653. The van der Waals surface area contributed by atoms with E-state index in [1.165, 1.54) is 0 Å². The second-order valence-corrected chi connectivity index (χ2v) is 4.41. The second-order valence-electron chi connectivity index (χ2n) is 4.00. The van der Waals surface area contributed by atoms with Gasteiger partial charge in [-0.15, -0.1) is 0 Å². The Labute approximate surface area is 88.6 Å². The van der Waals surface area contributed by atoms with Crippen LogP contribution < -0.4 is 0 Å². The molecule has 3 heteroatoms. The zero-order valence-corrected chi connectivity index (χ0v) is 9.01. The predicted molar refractivity (Wildman–Crippen MR) is 58.0 cm³/mol. The molecule has 0 saturated carbocycles. The highest BCUT2D eigenvalue weighted by Gasteiger charge is 2.27. The molecule has 0 unspecified atom stereocenters. The molecule has 0 atom stereocenters. The zero-order valence-electron chi connectivity index (χ0n) is 8.25.